The van der Waals surface area contributed by atoms with Gasteiger partial charge in [-0.25, -0.2) is 4.39 Å². The van der Waals surface area contributed by atoms with E-state index in [1.54, 1.807) is 0 Å². The molecule has 2 rings (SSSR count). The molecule has 0 N–H and O–H groups in total. The lowest BCUT2D eigenvalue weighted by molar-refractivity contribution is -0.140. The number of fused-ring (bicyclic) bond motifs is 1. The summed E-state index contributed by atoms with van der Waals surface area (Å²) < 4.78 is 17.9. The third kappa shape index (κ3) is 2.51. The Morgan fingerprint density at radius 2 is 2.10 bits per heavy atom. The molecule has 1 heterocycles. The molecular weight excluding hydrogens is 289 g/mol. The summed E-state index contributed by atoms with van der Waals surface area (Å²) in [5.74, 6) is -2.58. The first-order chi connectivity index (χ1) is 9.45. The summed E-state index contributed by atoms with van der Waals surface area (Å²) in [6.45, 7) is 0.133. The molecule has 0 fully saturated rings. The standard InChI is InChI=1S/C13H11ClFNO4/c1-20-11(17)3-2-4-16-10-6-9(15)8(14)5-7(10)12(18)13(16)19/h5-6H,2-4H2,1H3. The van der Waals surface area contributed by atoms with Gasteiger partial charge in [-0.3, -0.25) is 14.4 Å². The largest absolute Gasteiger partial charge is 0.469 e. The molecule has 0 saturated carbocycles. The van der Waals surface area contributed by atoms with E-state index in [9.17, 15) is 18.8 Å². The van der Waals surface area contributed by atoms with E-state index in [0.29, 0.717) is 6.42 Å². The number of anilines is 1. The summed E-state index contributed by atoms with van der Waals surface area (Å²) in [6, 6.07) is 2.20. The Kier molecular flexibility index (Phi) is 4.04. The van der Waals surface area contributed by atoms with Gasteiger partial charge < -0.3 is 9.64 Å². The zero-order valence-corrected chi connectivity index (χ0v) is 11.4. The number of ketones is 1. The van der Waals surface area contributed by atoms with E-state index in [2.05, 4.69) is 4.74 Å². The number of halogens is 2. The van der Waals surface area contributed by atoms with Gasteiger partial charge in [0, 0.05) is 13.0 Å². The number of methoxy groups -OCH3 is 1. The van der Waals surface area contributed by atoms with Gasteiger partial charge in [-0.2, -0.15) is 0 Å². The monoisotopic (exact) mass is 299 g/mol. The predicted molar refractivity (Wildman–Crippen MR) is 69.3 cm³/mol. The highest BCUT2D eigenvalue weighted by Crippen LogP contribution is 2.33. The molecule has 20 heavy (non-hydrogen) atoms. The van der Waals surface area contributed by atoms with Crippen LogP contribution in [-0.4, -0.2) is 31.3 Å². The Morgan fingerprint density at radius 1 is 1.40 bits per heavy atom. The van der Waals surface area contributed by atoms with Crippen molar-refractivity contribution in [2.24, 2.45) is 0 Å². The van der Waals surface area contributed by atoms with E-state index in [-0.39, 0.29) is 29.2 Å². The number of nitrogens with zero attached hydrogens (tertiary/aromatic N) is 1. The van der Waals surface area contributed by atoms with Crippen molar-refractivity contribution >= 4 is 34.9 Å². The lowest BCUT2D eigenvalue weighted by Crippen LogP contribution is -2.31. The van der Waals surface area contributed by atoms with Crippen LogP contribution in [0.5, 0.6) is 0 Å². The summed E-state index contributed by atoms with van der Waals surface area (Å²) in [6.07, 6.45) is 0.426. The smallest absolute Gasteiger partial charge is 0.305 e. The fourth-order valence-electron chi connectivity index (χ4n) is 1.99. The van der Waals surface area contributed by atoms with Crippen LogP contribution in [0.4, 0.5) is 10.1 Å². The SMILES string of the molecule is COC(=O)CCCN1C(=O)C(=O)c2cc(Cl)c(F)cc21. The second kappa shape index (κ2) is 5.58. The maximum Gasteiger partial charge on any atom is 0.305 e. The number of ether oxygens (including phenoxy) is 1. The van der Waals surface area contributed by atoms with Gasteiger partial charge in [-0.1, -0.05) is 11.6 Å². The first-order valence-electron chi connectivity index (χ1n) is 5.87. The zero-order valence-electron chi connectivity index (χ0n) is 10.6. The molecule has 0 aromatic heterocycles. The first-order valence-corrected chi connectivity index (χ1v) is 6.25. The maximum atomic E-state index is 13.5. The second-order valence-corrected chi connectivity index (χ2v) is 4.66. The van der Waals surface area contributed by atoms with Gasteiger partial charge in [0.1, 0.15) is 5.82 Å². The van der Waals surface area contributed by atoms with Crippen molar-refractivity contribution in [1.82, 2.24) is 0 Å². The average Bonchev–Trinajstić information content (AvgIpc) is 2.64. The summed E-state index contributed by atoms with van der Waals surface area (Å²) in [7, 11) is 1.26. The van der Waals surface area contributed by atoms with Crippen molar-refractivity contribution in [3.8, 4) is 0 Å². The molecule has 1 amide bonds. The summed E-state index contributed by atoms with van der Waals surface area (Å²) in [5.41, 5.74) is 0.270. The highest BCUT2D eigenvalue weighted by atomic mass is 35.5. The predicted octanol–water partition coefficient (Wildman–Crippen LogP) is 1.96. The van der Waals surface area contributed by atoms with Gasteiger partial charge in [0.25, 0.3) is 11.7 Å². The fraction of sp³-hybridized carbons (Fsp3) is 0.308. The average molecular weight is 300 g/mol. The number of carbonyl (C=O) groups is 3. The van der Waals surface area contributed by atoms with Gasteiger partial charge in [-0.05, 0) is 18.6 Å². The molecule has 5 nitrogen and oxygen atoms in total. The van der Waals surface area contributed by atoms with Crippen LogP contribution in [0, 0.1) is 5.82 Å². The summed E-state index contributed by atoms with van der Waals surface area (Å²) >= 11 is 5.60. The molecule has 0 unspecified atom stereocenters. The minimum Gasteiger partial charge on any atom is -0.469 e. The van der Waals surface area contributed by atoms with Gasteiger partial charge in [0.05, 0.1) is 23.4 Å². The second-order valence-electron chi connectivity index (χ2n) is 4.25. The van der Waals surface area contributed by atoms with E-state index in [4.69, 9.17) is 11.6 Å². The van der Waals surface area contributed by atoms with Crippen molar-refractivity contribution < 1.29 is 23.5 Å². The summed E-state index contributed by atoms with van der Waals surface area (Å²) in [5, 5.41) is -0.207. The third-order valence-corrected chi connectivity index (χ3v) is 3.29. The van der Waals surface area contributed by atoms with Crippen molar-refractivity contribution in [2.45, 2.75) is 12.8 Å². The van der Waals surface area contributed by atoms with Crippen LogP contribution in [-0.2, 0) is 14.3 Å². The topological polar surface area (TPSA) is 63.7 Å². The zero-order chi connectivity index (χ0) is 14.9. The van der Waals surface area contributed by atoms with Crippen molar-refractivity contribution in [2.75, 3.05) is 18.6 Å². The molecule has 1 aromatic carbocycles. The Morgan fingerprint density at radius 3 is 2.75 bits per heavy atom. The van der Waals surface area contributed by atoms with Gasteiger partial charge in [0.2, 0.25) is 0 Å². The Balaban J connectivity index is 2.20. The third-order valence-electron chi connectivity index (χ3n) is 3.00. The van der Waals surface area contributed by atoms with Crippen LogP contribution in [0.15, 0.2) is 12.1 Å². The quantitative estimate of drug-likeness (QED) is 0.630. The van der Waals surface area contributed by atoms with Crippen LogP contribution in [0.2, 0.25) is 5.02 Å². The molecule has 106 valence electrons. The lowest BCUT2D eigenvalue weighted by Gasteiger charge is -2.16. The highest BCUT2D eigenvalue weighted by Gasteiger charge is 2.36. The molecular formula is C13H11ClFNO4. The maximum absolute atomic E-state index is 13.5. The first kappa shape index (κ1) is 14.5. The number of hydrogen-bond acceptors (Lipinski definition) is 4. The molecule has 0 spiro atoms. The lowest BCUT2D eigenvalue weighted by atomic mass is 10.1. The minimum atomic E-state index is -0.744. The Hall–Kier alpha value is -1.95. The molecule has 1 aromatic rings. The van der Waals surface area contributed by atoms with Gasteiger partial charge in [-0.15, -0.1) is 0 Å². The van der Waals surface area contributed by atoms with E-state index in [0.717, 1.165) is 17.0 Å². The van der Waals surface area contributed by atoms with Crippen molar-refractivity contribution in [1.29, 1.82) is 0 Å². The van der Waals surface area contributed by atoms with E-state index in [1.807, 2.05) is 0 Å². The van der Waals surface area contributed by atoms with Gasteiger partial charge in [0.15, 0.2) is 0 Å². The van der Waals surface area contributed by atoms with E-state index < -0.39 is 23.5 Å². The number of Topliss-reactive ketones (excluding diaryl/α,β-unsaturated/α-hetero) is 1. The van der Waals surface area contributed by atoms with Crippen LogP contribution in [0.25, 0.3) is 0 Å². The normalized spacial score (nSPS) is 13.7. The fourth-order valence-corrected chi connectivity index (χ4v) is 2.16. The van der Waals surface area contributed by atoms with Crippen molar-refractivity contribution in [3.63, 3.8) is 0 Å². The number of hydrogen-bond donors (Lipinski definition) is 0. The highest BCUT2D eigenvalue weighted by molar-refractivity contribution is 6.52. The van der Waals surface area contributed by atoms with E-state index >= 15 is 0 Å². The van der Waals surface area contributed by atoms with Gasteiger partial charge >= 0.3 is 5.97 Å². The number of rotatable bonds is 4. The van der Waals surface area contributed by atoms with Crippen molar-refractivity contribution in [3.05, 3.63) is 28.5 Å². The molecule has 0 radical (unpaired) electrons. The van der Waals surface area contributed by atoms with Crippen LogP contribution >= 0.6 is 11.6 Å². The molecule has 0 saturated heterocycles. The number of carbonyl (C=O) groups excluding carboxylic acids is 3. The number of amides is 1. The number of esters is 1. The molecule has 1 aliphatic rings. The molecule has 0 atom stereocenters. The van der Waals surface area contributed by atoms with Crippen LogP contribution < -0.4 is 4.90 Å². The molecule has 7 heteroatoms. The van der Waals surface area contributed by atoms with Crippen LogP contribution in [0.1, 0.15) is 23.2 Å². The Bertz CT molecular complexity index is 602. The summed E-state index contributed by atoms with van der Waals surface area (Å²) in [4.78, 5) is 35.7. The number of benzene rings is 1. The minimum absolute atomic E-state index is 0.0828. The van der Waals surface area contributed by atoms with E-state index in [1.165, 1.54) is 7.11 Å². The molecule has 0 aliphatic carbocycles. The Labute approximate surface area is 119 Å². The molecule has 1 aliphatic heterocycles. The van der Waals surface area contributed by atoms with Crippen LogP contribution in [0.3, 0.4) is 0 Å². The molecule has 0 bridgehead atoms.